The number of carbonyl (C=O) groups excluding carboxylic acids is 1. The molecular weight excluding hydrogens is 427 g/mol. The van der Waals surface area contributed by atoms with E-state index in [1.165, 1.54) is 6.20 Å². The van der Waals surface area contributed by atoms with Gasteiger partial charge in [0.1, 0.15) is 0 Å². The third-order valence-corrected chi connectivity index (χ3v) is 4.91. The van der Waals surface area contributed by atoms with E-state index in [0.29, 0.717) is 30.8 Å². The SMILES string of the molecule is O=C(N[C@@H]1CCN(c2cncc(C(F)(F)F)c2)C1)[C@@H](O)c1ccc(Br)cc1. The molecule has 5 nitrogen and oxygen atoms in total. The molecule has 0 unspecified atom stereocenters. The monoisotopic (exact) mass is 443 g/mol. The number of carbonyl (C=O) groups is 1. The van der Waals surface area contributed by atoms with Crippen LogP contribution in [-0.4, -0.2) is 35.1 Å². The highest BCUT2D eigenvalue weighted by Gasteiger charge is 2.33. The number of nitrogens with one attached hydrogen (secondary N) is 1. The molecule has 1 aromatic carbocycles. The number of pyridine rings is 1. The van der Waals surface area contributed by atoms with E-state index in [-0.39, 0.29) is 6.04 Å². The summed E-state index contributed by atoms with van der Waals surface area (Å²) < 4.78 is 39.3. The predicted molar refractivity (Wildman–Crippen MR) is 97.1 cm³/mol. The van der Waals surface area contributed by atoms with E-state index in [4.69, 9.17) is 0 Å². The summed E-state index contributed by atoms with van der Waals surface area (Å²) in [6.07, 6.45) is -3.04. The van der Waals surface area contributed by atoms with Crippen LogP contribution in [-0.2, 0) is 11.0 Å². The number of hydrogen-bond acceptors (Lipinski definition) is 4. The number of halogens is 4. The number of anilines is 1. The largest absolute Gasteiger partial charge is 0.417 e. The standard InChI is InChI=1S/C18H17BrF3N3O2/c19-13-3-1-11(2-4-13)16(26)17(27)24-14-5-6-25(10-14)15-7-12(8-23-9-15)18(20,21)22/h1-4,7-9,14,16,26H,5-6,10H2,(H,24,27)/t14-,16+/m1/s1. The lowest BCUT2D eigenvalue weighted by molar-refractivity contribution is -0.137. The molecule has 0 bridgehead atoms. The third-order valence-electron chi connectivity index (χ3n) is 4.39. The van der Waals surface area contributed by atoms with E-state index in [1.807, 2.05) is 0 Å². The summed E-state index contributed by atoms with van der Waals surface area (Å²) in [5, 5.41) is 12.9. The van der Waals surface area contributed by atoms with Crippen molar-refractivity contribution >= 4 is 27.5 Å². The topological polar surface area (TPSA) is 65.5 Å². The Morgan fingerprint density at radius 3 is 2.67 bits per heavy atom. The molecule has 0 aliphatic carbocycles. The smallest absolute Gasteiger partial charge is 0.378 e. The number of amides is 1. The molecule has 1 fully saturated rings. The lowest BCUT2D eigenvalue weighted by atomic mass is 10.1. The Morgan fingerprint density at radius 2 is 2.00 bits per heavy atom. The van der Waals surface area contributed by atoms with Crippen molar-refractivity contribution in [1.82, 2.24) is 10.3 Å². The summed E-state index contributed by atoms with van der Waals surface area (Å²) in [6, 6.07) is 7.52. The number of nitrogens with zero attached hydrogens (tertiary/aromatic N) is 2. The highest BCUT2D eigenvalue weighted by molar-refractivity contribution is 9.10. The quantitative estimate of drug-likeness (QED) is 0.760. The molecule has 2 aromatic rings. The Balaban J connectivity index is 1.61. The highest BCUT2D eigenvalue weighted by Crippen LogP contribution is 2.31. The zero-order chi connectivity index (χ0) is 19.6. The molecule has 2 atom stereocenters. The van der Waals surface area contributed by atoms with Gasteiger partial charge in [0.25, 0.3) is 5.91 Å². The second kappa shape index (κ2) is 7.85. The minimum absolute atomic E-state index is 0.267. The minimum atomic E-state index is -4.45. The van der Waals surface area contributed by atoms with Crippen LogP contribution in [0.5, 0.6) is 0 Å². The molecule has 9 heteroatoms. The Hall–Kier alpha value is -2.13. The van der Waals surface area contributed by atoms with Gasteiger partial charge in [0.2, 0.25) is 0 Å². The van der Waals surface area contributed by atoms with Gasteiger partial charge in [-0.25, -0.2) is 0 Å². The van der Waals surface area contributed by atoms with Gasteiger partial charge in [-0.2, -0.15) is 13.2 Å². The molecule has 0 spiro atoms. The molecule has 27 heavy (non-hydrogen) atoms. The van der Waals surface area contributed by atoms with Gasteiger partial charge in [0.05, 0.1) is 17.4 Å². The van der Waals surface area contributed by atoms with Crippen LogP contribution >= 0.6 is 15.9 Å². The fourth-order valence-electron chi connectivity index (χ4n) is 2.94. The molecular formula is C18H17BrF3N3O2. The van der Waals surface area contributed by atoms with Crippen LogP contribution in [0, 0.1) is 0 Å². The summed E-state index contributed by atoms with van der Waals surface area (Å²) in [7, 11) is 0. The zero-order valence-electron chi connectivity index (χ0n) is 14.1. The Morgan fingerprint density at radius 1 is 1.30 bits per heavy atom. The lowest BCUT2D eigenvalue weighted by Crippen LogP contribution is -2.39. The molecule has 0 saturated carbocycles. The fraction of sp³-hybridized carbons (Fsp3) is 0.333. The second-order valence-corrected chi connectivity index (χ2v) is 7.24. The number of aliphatic hydroxyl groups is 1. The summed E-state index contributed by atoms with van der Waals surface area (Å²) in [4.78, 5) is 17.7. The maximum Gasteiger partial charge on any atom is 0.417 e. The molecule has 1 aliphatic rings. The first-order valence-corrected chi connectivity index (χ1v) is 9.04. The summed E-state index contributed by atoms with van der Waals surface area (Å²) in [6.45, 7) is 0.837. The number of rotatable bonds is 4. The fourth-order valence-corrected chi connectivity index (χ4v) is 3.21. The van der Waals surface area contributed by atoms with Crippen molar-refractivity contribution in [1.29, 1.82) is 0 Å². The number of benzene rings is 1. The third kappa shape index (κ3) is 4.78. The average Bonchev–Trinajstić information content (AvgIpc) is 3.09. The molecule has 0 radical (unpaired) electrons. The van der Waals surface area contributed by atoms with Crippen LogP contribution in [0.2, 0.25) is 0 Å². The lowest BCUT2D eigenvalue weighted by Gasteiger charge is -2.20. The zero-order valence-corrected chi connectivity index (χ0v) is 15.7. The van der Waals surface area contributed by atoms with Crippen molar-refractivity contribution in [2.24, 2.45) is 0 Å². The normalized spacial score (nSPS) is 18.4. The van der Waals surface area contributed by atoms with E-state index >= 15 is 0 Å². The molecule has 2 N–H and O–H groups in total. The van der Waals surface area contributed by atoms with Crippen LogP contribution in [0.1, 0.15) is 23.7 Å². The van der Waals surface area contributed by atoms with Gasteiger partial charge in [0.15, 0.2) is 6.10 Å². The summed E-state index contributed by atoms with van der Waals surface area (Å²) >= 11 is 3.29. The molecule has 2 heterocycles. The first kappa shape index (κ1) is 19.6. The molecule has 144 valence electrons. The van der Waals surface area contributed by atoms with E-state index in [0.717, 1.165) is 16.7 Å². The van der Waals surface area contributed by atoms with Gasteiger partial charge in [0, 0.05) is 29.8 Å². The van der Waals surface area contributed by atoms with Crippen molar-refractivity contribution in [3.63, 3.8) is 0 Å². The average molecular weight is 444 g/mol. The predicted octanol–water partition coefficient (Wildman–Crippen LogP) is 3.29. The molecule has 1 amide bonds. The molecule has 3 rings (SSSR count). The van der Waals surface area contributed by atoms with E-state index < -0.39 is 23.8 Å². The van der Waals surface area contributed by atoms with E-state index in [9.17, 15) is 23.1 Å². The first-order chi connectivity index (χ1) is 12.7. The summed E-state index contributed by atoms with van der Waals surface area (Å²) in [5.74, 6) is -0.536. The number of hydrogen-bond donors (Lipinski definition) is 2. The van der Waals surface area contributed by atoms with Gasteiger partial charge in [-0.3, -0.25) is 9.78 Å². The van der Waals surface area contributed by atoms with Crippen LogP contribution < -0.4 is 10.2 Å². The van der Waals surface area contributed by atoms with Crippen molar-refractivity contribution in [2.45, 2.75) is 24.7 Å². The minimum Gasteiger partial charge on any atom is -0.378 e. The second-order valence-electron chi connectivity index (χ2n) is 6.32. The van der Waals surface area contributed by atoms with Crippen LogP contribution in [0.3, 0.4) is 0 Å². The van der Waals surface area contributed by atoms with Gasteiger partial charge in [-0.05, 0) is 30.2 Å². The first-order valence-electron chi connectivity index (χ1n) is 8.25. The number of aliphatic hydroxyl groups excluding tert-OH is 1. The summed E-state index contributed by atoms with van der Waals surface area (Å²) in [5.41, 5.74) is 0.0146. The van der Waals surface area contributed by atoms with Gasteiger partial charge in [-0.1, -0.05) is 28.1 Å². The molecule has 1 aliphatic heterocycles. The van der Waals surface area contributed by atoms with Crippen molar-refractivity contribution in [3.05, 3.63) is 58.3 Å². The Labute approximate surface area is 162 Å². The molecule has 1 aromatic heterocycles. The van der Waals surface area contributed by atoms with Crippen LogP contribution in [0.25, 0.3) is 0 Å². The highest BCUT2D eigenvalue weighted by atomic mass is 79.9. The molecule has 1 saturated heterocycles. The maximum absolute atomic E-state index is 12.8. The number of alkyl halides is 3. The Kier molecular flexibility index (Phi) is 5.71. The van der Waals surface area contributed by atoms with E-state index in [2.05, 4.69) is 26.2 Å². The van der Waals surface area contributed by atoms with Gasteiger partial charge >= 0.3 is 6.18 Å². The van der Waals surface area contributed by atoms with Crippen LogP contribution in [0.15, 0.2) is 47.2 Å². The number of aromatic nitrogens is 1. The van der Waals surface area contributed by atoms with Crippen molar-refractivity contribution in [3.8, 4) is 0 Å². The van der Waals surface area contributed by atoms with E-state index in [1.54, 1.807) is 29.2 Å². The maximum atomic E-state index is 12.8. The van der Waals surface area contributed by atoms with Crippen LogP contribution in [0.4, 0.5) is 18.9 Å². The van der Waals surface area contributed by atoms with Gasteiger partial charge in [-0.15, -0.1) is 0 Å². The Bertz CT molecular complexity index is 814. The van der Waals surface area contributed by atoms with Gasteiger partial charge < -0.3 is 15.3 Å². The van der Waals surface area contributed by atoms with Crippen molar-refractivity contribution < 1.29 is 23.1 Å². The van der Waals surface area contributed by atoms with Crippen molar-refractivity contribution in [2.75, 3.05) is 18.0 Å².